The second kappa shape index (κ2) is 12.5. The zero-order valence-electron chi connectivity index (χ0n) is 16.2. The lowest BCUT2D eigenvalue weighted by Crippen LogP contribution is -2.55. The van der Waals surface area contributed by atoms with Gasteiger partial charge in [0, 0.05) is 5.56 Å². The van der Waals surface area contributed by atoms with Crippen molar-refractivity contribution in [2.24, 2.45) is 0 Å². The van der Waals surface area contributed by atoms with Gasteiger partial charge in [-0.2, -0.15) is 11.8 Å². The van der Waals surface area contributed by atoms with Gasteiger partial charge in [-0.1, -0.05) is 12.2 Å². The van der Waals surface area contributed by atoms with Gasteiger partial charge in [-0.25, -0.2) is 0 Å². The molecule has 1 aromatic carbocycles. The van der Waals surface area contributed by atoms with Gasteiger partial charge in [-0.05, 0) is 84.3 Å². The number of thioether (sulfide) groups is 1. The van der Waals surface area contributed by atoms with E-state index in [1.54, 1.807) is 49.2 Å². The van der Waals surface area contributed by atoms with E-state index >= 15 is 0 Å². The minimum Gasteiger partial charge on any atom is -0.496 e. The molecule has 154 valence electrons. The van der Waals surface area contributed by atoms with E-state index in [0.717, 1.165) is 9.32 Å². The molecule has 0 fully saturated rings. The molecule has 3 N–H and O–H groups in total. The van der Waals surface area contributed by atoms with Crippen molar-refractivity contribution in [1.29, 1.82) is 0 Å². The number of methoxy groups -OCH3 is 1. The monoisotopic (exact) mass is 534 g/mol. The van der Waals surface area contributed by atoms with Crippen LogP contribution in [0.4, 0.5) is 0 Å². The third-order valence-electron chi connectivity index (χ3n) is 4.20. The normalized spacial score (nSPS) is 12.0. The van der Waals surface area contributed by atoms with E-state index in [-0.39, 0.29) is 17.1 Å². The molecular weight excluding hydrogens is 507 g/mol. The molecule has 28 heavy (non-hydrogen) atoms. The smallest absolute Gasteiger partial charge is 0.257 e. The molecule has 8 heteroatoms. The van der Waals surface area contributed by atoms with Gasteiger partial charge in [0.2, 0.25) is 0 Å². The first-order valence-corrected chi connectivity index (χ1v) is 11.6. The maximum Gasteiger partial charge on any atom is 0.257 e. The number of carbonyl (C=O) groups excluding carboxylic acids is 1. The van der Waals surface area contributed by atoms with Crippen LogP contribution in [0.5, 0.6) is 5.75 Å². The van der Waals surface area contributed by atoms with Crippen LogP contribution in [-0.4, -0.2) is 46.9 Å². The first-order valence-electron chi connectivity index (χ1n) is 8.69. The van der Waals surface area contributed by atoms with E-state index in [0.29, 0.717) is 30.6 Å². The van der Waals surface area contributed by atoms with Gasteiger partial charge in [0.1, 0.15) is 5.75 Å². The highest BCUT2D eigenvalue weighted by Crippen LogP contribution is 2.25. The van der Waals surface area contributed by atoms with E-state index < -0.39 is 5.60 Å². The lowest BCUT2D eigenvalue weighted by molar-refractivity contribution is 0.0120. The average Bonchev–Trinajstić information content (AvgIpc) is 2.65. The molecule has 0 heterocycles. The molecule has 1 aromatic rings. The topological polar surface area (TPSA) is 70.6 Å². The third-order valence-corrected chi connectivity index (χ3v) is 5.91. The molecule has 0 aliphatic heterocycles. The Labute approximate surface area is 190 Å². The quantitative estimate of drug-likeness (QED) is 0.227. The minimum absolute atomic E-state index is 0.175. The summed E-state index contributed by atoms with van der Waals surface area (Å²) in [4.78, 5) is 12.5. The highest BCUT2D eigenvalue weighted by atomic mass is 127. The Morgan fingerprint density at radius 3 is 2.57 bits per heavy atom. The molecule has 0 aliphatic carbocycles. The zero-order valence-corrected chi connectivity index (χ0v) is 20.0. The molecule has 0 radical (unpaired) electrons. The summed E-state index contributed by atoms with van der Waals surface area (Å²) in [5.74, 6) is 1.22. The number of rotatable bonds is 11. The zero-order chi connectivity index (χ0) is 21.2. The summed E-state index contributed by atoms with van der Waals surface area (Å²) in [6.45, 7) is 7.48. The first kappa shape index (κ1) is 24.9. The number of amides is 1. The number of aliphatic hydroxyl groups is 1. The summed E-state index contributed by atoms with van der Waals surface area (Å²) in [6.07, 6.45) is 6.81. The molecule has 1 amide bonds. The lowest BCUT2D eigenvalue weighted by atomic mass is 9.85. The molecule has 0 bridgehead atoms. The summed E-state index contributed by atoms with van der Waals surface area (Å²) in [7, 11) is 1.58. The first-order chi connectivity index (χ1) is 13.3. The second-order valence-corrected chi connectivity index (χ2v) is 8.76. The molecule has 0 unspecified atom stereocenters. The molecule has 0 aromatic heterocycles. The maximum atomic E-state index is 12.5. The van der Waals surface area contributed by atoms with Crippen molar-refractivity contribution in [2.45, 2.75) is 30.9 Å². The van der Waals surface area contributed by atoms with Crippen molar-refractivity contribution in [1.82, 2.24) is 10.6 Å². The molecule has 0 saturated carbocycles. The summed E-state index contributed by atoms with van der Waals surface area (Å²) in [5, 5.41) is 17.1. The minimum atomic E-state index is -1.08. The SMILES string of the molecule is C=CCC(O)(CC=C)[C@H](CCSC)NC(=S)NC(=O)c1ccc(OC)c(I)c1. The van der Waals surface area contributed by atoms with Gasteiger partial charge in [0.15, 0.2) is 5.11 Å². The molecule has 0 saturated heterocycles. The lowest BCUT2D eigenvalue weighted by Gasteiger charge is -2.36. The largest absolute Gasteiger partial charge is 0.496 e. The highest BCUT2D eigenvalue weighted by Gasteiger charge is 2.34. The van der Waals surface area contributed by atoms with E-state index in [9.17, 15) is 9.90 Å². The number of hydrogen-bond acceptors (Lipinski definition) is 5. The van der Waals surface area contributed by atoms with Gasteiger partial charge in [-0.3, -0.25) is 10.1 Å². The van der Waals surface area contributed by atoms with Crippen LogP contribution in [0.15, 0.2) is 43.5 Å². The van der Waals surface area contributed by atoms with E-state index in [1.807, 2.05) is 6.26 Å². The average molecular weight is 534 g/mol. The van der Waals surface area contributed by atoms with Crippen LogP contribution in [-0.2, 0) is 0 Å². The summed E-state index contributed by atoms with van der Waals surface area (Å²) < 4.78 is 6.04. The van der Waals surface area contributed by atoms with Gasteiger partial charge in [0.25, 0.3) is 5.91 Å². The Morgan fingerprint density at radius 2 is 2.07 bits per heavy atom. The van der Waals surface area contributed by atoms with E-state index in [1.165, 1.54) is 0 Å². The van der Waals surface area contributed by atoms with Crippen LogP contribution >= 0.6 is 46.6 Å². The molecular formula is C20H27IN2O3S2. The molecule has 0 aliphatic rings. The van der Waals surface area contributed by atoms with Gasteiger partial charge in [0.05, 0.1) is 22.3 Å². The molecule has 0 spiro atoms. The standard InChI is InChI=1S/C20H27IN2O3S2/c1-5-10-20(25,11-6-2)17(9-12-28-4)22-19(27)23-18(24)14-7-8-16(26-3)15(21)13-14/h5-8,13,17,25H,1-2,9-12H2,3-4H3,(H2,22,23,24,27)/t17-/m0/s1. The number of hydrogen-bond donors (Lipinski definition) is 3. The number of carbonyl (C=O) groups is 1. The number of benzene rings is 1. The molecule has 5 nitrogen and oxygen atoms in total. The van der Waals surface area contributed by atoms with Crippen molar-refractivity contribution in [2.75, 3.05) is 19.1 Å². The number of halogens is 1. The highest BCUT2D eigenvalue weighted by molar-refractivity contribution is 14.1. The Kier molecular flexibility index (Phi) is 11.1. The fourth-order valence-corrected chi connectivity index (χ4v) is 4.20. The van der Waals surface area contributed by atoms with Gasteiger partial charge >= 0.3 is 0 Å². The summed E-state index contributed by atoms with van der Waals surface area (Å²) >= 11 is 9.12. The predicted octanol–water partition coefficient (Wildman–Crippen LogP) is 3.91. The van der Waals surface area contributed by atoms with Crippen LogP contribution in [0.3, 0.4) is 0 Å². The van der Waals surface area contributed by atoms with Gasteiger partial charge in [-0.15, -0.1) is 13.2 Å². The van der Waals surface area contributed by atoms with E-state index in [4.69, 9.17) is 17.0 Å². The van der Waals surface area contributed by atoms with Crippen molar-refractivity contribution in [3.63, 3.8) is 0 Å². The summed E-state index contributed by atoms with van der Waals surface area (Å²) in [5.41, 5.74) is -0.605. The van der Waals surface area contributed by atoms with Crippen LogP contribution in [0.1, 0.15) is 29.6 Å². The van der Waals surface area contributed by atoms with Gasteiger partial charge < -0.3 is 15.2 Å². The molecule has 1 rings (SSSR count). The van der Waals surface area contributed by atoms with Crippen LogP contribution in [0.25, 0.3) is 0 Å². The molecule has 1 atom stereocenters. The summed E-state index contributed by atoms with van der Waals surface area (Å²) in [6, 6.07) is 4.80. The Morgan fingerprint density at radius 1 is 1.43 bits per heavy atom. The van der Waals surface area contributed by atoms with Crippen LogP contribution in [0.2, 0.25) is 0 Å². The predicted molar refractivity (Wildman–Crippen MR) is 130 cm³/mol. The van der Waals surface area contributed by atoms with Crippen molar-refractivity contribution in [3.05, 3.63) is 52.6 Å². The fraction of sp³-hybridized carbons (Fsp3) is 0.400. The van der Waals surface area contributed by atoms with Crippen molar-refractivity contribution in [3.8, 4) is 5.75 Å². The van der Waals surface area contributed by atoms with Crippen molar-refractivity contribution < 1.29 is 14.6 Å². The van der Waals surface area contributed by atoms with Crippen LogP contribution < -0.4 is 15.4 Å². The van der Waals surface area contributed by atoms with Crippen LogP contribution in [0, 0.1) is 3.57 Å². The third kappa shape index (κ3) is 7.38. The second-order valence-electron chi connectivity index (χ2n) is 6.20. The Hall–Kier alpha value is -1.10. The van der Waals surface area contributed by atoms with Crippen molar-refractivity contribution >= 4 is 57.6 Å². The Balaban J connectivity index is 2.89. The number of thiocarbonyl (C=S) groups is 1. The maximum absolute atomic E-state index is 12.5. The Bertz CT molecular complexity index is 703. The fourth-order valence-electron chi connectivity index (χ4n) is 2.76. The number of nitrogens with one attached hydrogen (secondary N) is 2. The number of ether oxygens (including phenoxy) is 1. The van der Waals surface area contributed by atoms with E-state index in [2.05, 4.69) is 46.4 Å².